The second kappa shape index (κ2) is 3.81. The molecule has 1 aromatic rings. The first-order valence-corrected chi connectivity index (χ1v) is 3.59. The molecule has 2 N–H and O–H groups in total. The van der Waals surface area contributed by atoms with Gasteiger partial charge < -0.3 is 4.90 Å². The standard InChI is InChI=1S/C7H10N4O2/c1-11(2)6-4-8-3-5(9-6)7(12)10-13/h3-4,13H,1-2H3,(H,10,12). The van der Waals surface area contributed by atoms with E-state index < -0.39 is 5.91 Å². The van der Waals surface area contributed by atoms with Crippen molar-refractivity contribution in [2.45, 2.75) is 0 Å². The number of amides is 1. The van der Waals surface area contributed by atoms with Crippen molar-refractivity contribution in [1.29, 1.82) is 0 Å². The van der Waals surface area contributed by atoms with Crippen molar-refractivity contribution >= 4 is 11.7 Å². The smallest absolute Gasteiger partial charge is 0.294 e. The molecule has 0 unspecified atom stereocenters. The highest BCUT2D eigenvalue weighted by atomic mass is 16.5. The fraction of sp³-hybridized carbons (Fsp3) is 0.286. The van der Waals surface area contributed by atoms with Crippen LogP contribution in [0.15, 0.2) is 12.4 Å². The van der Waals surface area contributed by atoms with E-state index >= 15 is 0 Å². The molecule has 0 atom stereocenters. The van der Waals surface area contributed by atoms with Gasteiger partial charge in [0, 0.05) is 14.1 Å². The van der Waals surface area contributed by atoms with E-state index in [9.17, 15) is 4.79 Å². The zero-order valence-electron chi connectivity index (χ0n) is 7.35. The summed E-state index contributed by atoms with van der Waals surface area (Å²) in [4.78, 5) is 20.3. The summed E-state index contributed by atoms with van der Waals surface area (Å²) in [5.74, 6) is -0.114. The molecule has 1 aromatic heterocycles. The molecule has 0 aliphatic rings. The summed E-state index contributed by atoms with van der Waals surface area (Å²) in [5, 5.41) is 8.34. The fourth-order valence-corrected chi connectivity index (χ4v) is 0.738. The van der Waals surface area contributed by atoms with Crippen molar-refractivity contribution in [2.24, 2.45) is 0 Å². The Morgan fingerprint density at radius 2 is 2.23 bits per heavy atom. The highest BCUT2D eigenvalue weighted by Crippen LogP contribution is 2.04. The van der Waals surface area contributed by atoms with Crippen LogP contribution >= 0.6 is 0 Å². The SMILES string of the molecule is CN(C)c1cncc(C(=O)NO)n1. The molecule has 0 radical (unpaired) electrons. The van der Waals surface area contributed by atoms with Crippen LogP contribution in [-0.2, 0) is 0 Å². The maximum atomic E-state index is 10.9. The van der Waals surface area contributed by atoms with E-state index in [0.717, 1.165) is 0 Å². The maximum absolute atomic E-state index is 10.9. The van der Waals surface area contributed by atoms with E-state index in [1.807, 2.05) is 0 Å². The average Bonchev–Trinajstić information content (AvgIpc) is 2.17. The summed E-state index contributed by atoms with van der Waals surface area (Å²) in [6.07, 6.45) is 2.80. The van der Waals surface area contributed by atoms with E-state index in [4.69, 9.17) is 5.21 Å². The summed E-state index contributed by atoms with van der Waals surface area (Å²) in [6.45, 7) is 0. The number of carbonyl (C=O) groups is 1. The normalized spacial score (nSPS) is 9.46. The minimum atomic E-state index is -0.670. The van der Waals surface area contributed by atoms with Gasteiger partial charge in [-0.1, -0.05) is 0 Å². The number of hydroxylamine groups is 1. The van der Waals surface area contributed by atoms with E-state index in [0.29, 0.717) is 5.82 Å². The number of aromatic nitrogens is 2. The first kappa shape index (κ1) is 9.40. The number of hydrogen-bond donors (Lipinski definition) is 2. The predicted molar refractivity (Wildman–Crippen MR) is 45.6 cm³/mol. The topological polar surface area (TPSA) is 78.4 Å². The van der Waals surface area contributed by atoms with E-state index in [1.165, 1.54) is 17.9 Å². The van der Waals surface area contributed by atoms with E-state index in [-0.39, 0.29) is 5.69 Å². The summed E-state index contributed by atoms with van der Waals surface area (Å²) < 4.78 is 0. The van der Waals surface area contributed by atoms with Crippen molar-refractivity contribution in [3.8, 4) is 0 Å². The Bertz CT molecular complexity index is 313. The second-order valence-electron chi connectivity index (χ2n) is 2.60. The van der Waals surface area contributed by atoms with Crippen LogP contribution < -0.4 is 10.4 Å². The van der Waals surface area contributed by atoms with Gasteiger partial charge in [-0.25, -0.2) is 10.5 Å². The molecule has 70 valence electrons. The lowest BCUT2D eigenvalue weighted by atomic mass is 10.4. The molecule has 6 heteroatoms. The van der Waals surface area contributed by atoms with Gasteiger partial charge >= 0.3 is 0 Å². The van der Waals surface area contributed by atoms with E-state index in [1.54, 1.807) is 19.0 Å². The number of nitrogens with one attached hydrogen (secondary N) is 1. The molecule has 1 heterocycles. The van der Waals surface area contributed by atoms with Crippen LogP contribution in [0.2, 0.25) is 0 Å². The Hall–Kier alpha value is -1.69. The number of carbonyl (C=O) groups excluding carboxylic acids is 1. The number of rotatable bonds is 2. The monoisotopic (exact) mass is 182 g/mol. The third-order valence-corrected chi connectivity index (χ3v) is 1.41. The van der Waals surface area contributed by atoms with Gasteiger partial charge in [-0.15, -0.1) is 0 Å². The minimum absolute atomic E-state index is 0.0775. The third kappa shape index (κ3) is 2.12. The van der Waals surface area contributed by atoms with Gasteiger partial charge in [-0.3, -0.25) is 15.0 Å². The molecule has 0 saturated heterocycles. The average molecular weight is 182 g/mol. The summed E-state index contributed by atoms with van der Waals surface area (Å²) in [6, 6.07) is 0. The van der Waals surface area contributed by atoms with Gasteiger partial charge in [-0.2, -0.15) is 0 Å². The van der Waals surface area contributed by atoms with Crippen LogP contribution in [0.3, 0.4) is 0 Å². The molecule has 0 fully saturated rings. The number of nitrogens with zero attached hydrogens (tertiary/aromatic N) is 3. The Kier molecular flexibility index (Phi) is 2.76. The zero-order valence-corrected chi connectivity index (χ0v) is 7.35. The fourth-order valence-electron chi connectivity index (χ4n) is 0.738. The zero-order chi connectivity index (χ0) is 9.84. The lowest BCUT2D eigenvalue weighted by Gasteiger charge is -2.10. The molecule has 0 aromatic carbocycles. The third-order valence-electron chi connectivity index (χ3n) is 1.41. The Morgan fingerprint density at radius 1 is 1.54 bits per heavy atom. The van der Waals surface area contributed by atoms with Crippen LogP contribution in [0.1, 0.15) is 10.5 Å². The number of anilines is 1. The second-order valence-corrected chi connectivity index (χ2v) is 2.60. The van der Waals surface area contributed by atoms with Gasteiger partial charge in [0.2, 0.25) is 0 Å². The molecule has 0 spiro atoms. The van der Waals surface area contributed by atoms with Crippen LogP contribution in [-0.4, -0.2) is 35.2 Å². The van der Waals surface area contributed by atoms with Gasteiger partial charge in [0.1, 0.15) is 5.82 Å². The summed E-state index contributed by atoms with van der Waals surface area (Å²) in [7, 11) is 3.56. The van der Waals surface area contributed by atoms with Crippen LogP contribution in [0, 0.1) is 0 Å². The van der Waals surface area contributed by atoms with Gasteiger partial charge in [0.05, 0.1) is 12.4 Å². The largest absolute Gasteiger partial charge is 0.361 e. The Morgan fingerprint density at radius 3 is 2.77 bits per heavy atom. The van der Waals surface area contributed by atoms with Crippen LogP contribution in [0.5, 0.6) is 0 Å². The highest BCUT2D eigenvalue weighted by molar-refractivity contribution is 5.91. The van der Waals surface area contributed by atoms with Crippen molar-refractivity contribution in [3.05, 3.63) is 18.1 Å². The van der Waals surface area contributed by atoms with Crippen LogP contribution in [0.25, 0.3) is 0 Å². The maximum Gasteiger partial charge on any atom is 0.294 e. The van der Waals surface area contributed by atoms with Gasteiger partial charge in [0.15, 0.2) is 5.69 Å². The van der Waals surface area contributed by atoms with Crippen molar-refractivity contribution in [3.63, 3.8) is 0 Å². The molecule has 1 rings (SSSR count). The lowest BCUT2D eigenvalue weighted by molar-refractivity contribution is 0.0700. The van der Waals surface area contributed by atoms with Crippen LogP contribution in [0.4, 0.5) is 5.82 Å². The van der Waals surface area contributed by atoms with Crippen molar-refractivity contribution in [1.82, 2.24) is 15.4 Å². The Balaban J connectivity index is 2.98. The van der Waals surface area contributed by atoms with Gasteiger partial charge in [0.25, 0.3) is 5.91 Å². The molecule has 13 heavy (non-hydrogen) atoms. The lowest BCUT2D eigenvalue weighted by Crippen LogP contribution is -2.21. The summed E-state index contributed by atoms with van der Waals surface area (Å²) in [5.41, 5.74) is 1.56. The first-order chi connectivity index (χ1) is 6.15. The Labute approximate surface area is 75.2 Å². The molecular formula is C7H10N4O2. The molecule has 0 bridgehead atoms. The minimum Gasteiger partial charge on any atom is -0.361 e. The van der Waals surface area contributed by atoms with Gasteiger partial charge in [-0.05, 0) is 0 Å². The predicted octanol–water partition coefficient (Wildman–Crippen LogP) is -0.338. The first-order valence-electron chi connectivity index (χ1n) is 3.59. The molecule has 0 aliphatic heterocycles. The van der Waals surface area contributed by atoms with Crippen molar-refractivity contribution < 1.29 is 10.0 Å². The number of hydrogen-bond acceptors (Lipinski definition) is 5. The quantitative estimate of drug-likeness (QED) is 0.483. The van der Waals surface area contributed by atoms with Crippen molar-refractivity contribution in [2.75, 3.05) is 19.0 Å². The molecule has 6 nitrogen and oxygen atoms in total. The van der Waals surface area contributed by atoms with E-state index in [2.05, 4.69) is 9.97 Å². The molecule has 0 aliphatic carbocycles. The molecule has 0 saturated carbocycles. The summed E-state index contributed by atoms with van der Waals surface area (Å²) >= 11 is 0. The molecule has 1 amide bonds. The highest BCUT2D eigenvalue weighted by Gasteiger charge is 2.07. The molecular weight excluding hydrogens is 172 g/mol.